The van der Waals surface area contributed by atoms with Crippen molar-refractivity contribution in [3.05, 3.63) is 35.9 Å². The molecule has 1 aromatic carbocycles. The monoisotopic (exact) mass is 503 g/mol. The van der Waals surface area contributed by atoms with Crippen molar-refractivity contribution in [2.24, 2.45) is 17.4 Å². The number of aliphatic carboxylic acids is 1. The number of nitrogens with zero attached hydrogens (tertiary/aromatic N) is 1. The van der Waals surface area contributed by atoms with E-state index in [1.54, 1.807) is 0 Å². The van der Waals surface area contributed by atoms with Crippen molar-refractivity contribution in [1.29, 1.82) is 0 Å². The lowest BCUT2D eigenvalue weighted by Gasteiger charge is -2.30. The number of nitrogens with two attached hydrogens (primary N) is 2. The molecule has 1 aliphatic heterocycles. The maximum Gasteiger partial charge on any atom is 0.326 e. The molecule has 10 heteroatoms. The van der Waals surface area contributed by atoms with E-state index in [9.17, 15) is 24.3 Å². The molecule has 5 unspecified atom stereocenters. The van der Waals surface area contributed by atoms with E-state index in [2.05, 4.69) is 10.6 Å². The SMILES string of the molecule is CCC(C)C(NC(=O)C(N)CCCCN)C(=O)NC(Cc1ccccc1)C(=O)N1CCCC1C(=O)O. The zero-order valence-corrected chi connectivity index (χ0v) is 21.3. The van der Waals surface area contributed by atoms with Gasteiger partial charge in [0, 0.05) is 13.0 Å². The van der Waals surface area contributed by atoms with Gasteiger partial charge < -0.3 is 32.1 Å². The number of carboxylic acid groups (broad SMARTS) is 1. The molecule has 0 saturated carbocycles. The first-order valence-electron chi connectivity index (χ1n) is 12.8. The predicted octanol–water partition coefficient (Wildman–Crippen LogP) is 0.777. The molecule has 1 heterocycles. The van der Waals surface area contributed by atoms with Gasteiger partial charge in [0.15, 0.2) is 0 Å². The van der Waals surface area contributed by atoms with Gasteiger partial charge in [-0.25, -0.2) is 4.79 Å². The number of benzene rings is 1. The van der Waals surface area contributed by atoms with Crippen LogP contribution in [-0.2, 0) is 25.6 Å². The number of carbonyl (C=O) groups is 4. The first-order valence-corrected chi connectivity index (χ1v) is 12.8. The molecule has 0 aliphatic carbocycles. The third kappa shape index (κ3) is 8.30. The number of rotatable bonds is 14. The number of carboxylic acids is 1. The molecule has 1 fully saturated rings. The van der Waals surface area contributed by atoms with Crippen molar-refractivity contribution in [1.82, 2.24) is 15.5 Å². The average Bonchev–Trinajstić information content (AvgIpc) is 3.37. The average molecular weight is 504 g/mol. The Labute approximate surface area is 213 Å². The maximum absolute atomic E-state index is 13.5. The molecule has 200 valence electrons. The smallest absolute Gasteiger partial charge is 0.326 e. The normalized spacial score (nSPS) is 18.7. The van der Waals surface area contributed by atoms with Gasteiger partial charge in [0.2, 0.25) is 17.7 Å². The fourth-order valence-corrected chi connectivity index (χ4v) is 4.40. The Morgan fingerprint density at radius 2 is 1.81 bits per heavy atom. The van der Waals surface area contributed by atoms with Gasteiger partial charge in [0.05, 0.1) is 6.04 Å². The molecule has 0 aromatic heterocycles. The van der Waals surface area contributed by atoms with E-state index in [1.165, 1.54) is 4.90 Å². The Hall–Kier alpha value is -2.98. The van der Waals surface area contributed by atoms with Crippen molar-refractivity contribution in [2.45, 2.75) is 83.0 Å². The highest BCUT2D eigenvalue weighted by Gasteiger charge is 2.39. The largest absolute Gasteiger partial charge is 0.480 e. The summed E-state index contributed by atoms with van der Waals surface area (Å²) in [4.78, 5) is 52.6. The van der Waals surface area contributed by atoms with Crippen LogP contribution < -0.4 is 22.1 Å². The van der Waals surface area contributed by atoms with E-state index >= 15 is 0 Å². The summed E-state index contributed by atoms with van der Waals surface area (Å²) in [5, 5.41) is 15.2. The van der Waals surface area contributed by atoms with Crippen LogP contribution in [0.5, 0.6) is 0 Å². The van der Waals surface area contributed by atoms with Crippen molar-refractivity contribution in [3.8, 4) is 0 Å². The van der Waals surface area contributed by atoms with Gasteiger partial charge in [-0.3, -0.25) is 14.4 Å². The van der Waals surface area contributed by atoms with Crippen molar-refractivity contribution < 1.29 is 24.3 Å². The van der Waals surface area contributed by atoms with E-state index in [0.717, 1.165) is 12.0 Å². The third-order valence-electron chi connectivity index (χ3n) is 6.82. The maximum atomic E-state index is 13.5. The summed E-state index contributed by atoms with van der Waals surface area (Å²) in [5.41, 5.74) is 12.4. The fourth-order valence-electron chi connectivity index (χ4n) is 4.40. The van der Waals surface area contributed by atoms with Gasteiger partial charge in [-0.1, -0.05) is 57.0 Å². The summed E-state index contributed by atoms with van der Waals surface area (Å²) in [6, 6.07) is 5.68. The summed E-state index contributed by atoms with van der Waals surface area (Å²) < 4.78 is 0. The zero-order valence-electron chi connectivity index (χ0n) is 21.3. The molecular formula is C26H41N5O5. The molecule has 0 spiro atoms. The molecular weight excluding hydrogens is 462 g/mol. The molecule has 2 rings (SSSR count). The van der Waals surface area contributed by atoms with Gasteiger partial charge in [-0.2, -0.15) is 0 Å². The van der Waals surface area contributed by atoms with Crippen LogP contribution in [-0.4, -0.2) is 71.0 Å². The number of nitrogens with one attached hydrogen (secondary N) is 2. The lowest BCUT2D eigenvalue weighted by atomic mass is 9.96. The van der Waals surface area contributed by atoms with E-state index in [1.807, 2.05) is 44.2 Å². The highest BCUT2D eigenvalue weighted by atomic mass is 16.4. The molecule has 10 nitrogen and oxygen atoms in total. The fraction of sp³-hybridized carbons (Fsp3) is 0.615. The molecule has 1 saturated heterocycles. The van der Waals surface area contributed by atoms with E-state index in [4.69, 9.17) is 11.5 Å². The number of unbranched alkanes of at least 4 members (excludes halogenated alkanes) is 1. The first kappa shape index (κ1) is 29.3. The minimum atomic E-state index is -1.06. The van der Waals surface area contributed by atoms with Crippen molar-refractivity contribution >= 4 is 23.7 Å². The highest BCUT2D eigenvalue weighted by molar-refractivity contribution is 5.94. The van der Waals surface area contributed by atoms with Crippen LogP contribution in [0.4, 0.5) is 0 Å². The predicted molar refractivity (Wildman–Crippen MR) is 137 cm³/mol. The summed E-state index contributed by atoms with van der Waals surface area (Å²) >= 11 is 0. The number of likely N-dealkylation sites (tertiary alicyclic amines) is 1. The third-order valence-corrected chi connectivity index (χ3v) is 6.82. The van der Waals surface area contributed by atoms with Crippen LogP contribution in [0.2, 0.25) is 0 Å². The van der Waals surface area contributed by atoms with Crippen LogP contribution in [0.3, 0.4) is 0 Å². The quantitative estimate of drug-likeness (QED) is 0.234. The Kier molecular flexibility index (Phi) is 11.8. The standard InChI is InChI=1S/C26H41N5O5/c1-3-17(2)22(30-23(32)19(28)12-7-8-14-27)24(33)29-20(16-18-10-5-4-6-11-18)25(34)31-15-9-13-21(31)26(35)36/h4-6,10-11,17,19-22H,3,7-9,12-16,27-28H2,1-2H3,(H,29,33)(H,30,32)(H,35,36). The minimum absolute atomic E-state index is 0.202. The summed E-state index contributed by atoms with van der Waals surface area (Å²) in [6.45, 7) is 4.59. The Bertz CT molecular complexity index is 881. The summed E-state index contributed by atoms with van der Waals surface area (Å²) in [7, 11) is 0. The van der Waals surface area contributed by atoms with Gasteiger partial charge in [-0.15, -0.1) is 0 Å². The molecule has 1 aromatic rings. The van der Waals surface area contributed by atoms with Crippen molar-refractivity contribution in [2.75, 3.05) is 13.1 Å². The minimum Gasteiger partial charge on any atom is -0.480 e. The van der Waals surface area contributed by atoms with E-state index in [-0.39, 0.29) is 12.3 Å². The number of hydrogen-bond acceptors (Lipinski definition) is 6. The molecule has 5 atom stereocenters. The molecule has 0 radical (unpaired) electrons. The Morgan fingerprint density at radius 3 is 2.42 bits per heavy atom. The molecule has 0 bridgehead atoms. The van der Waals surface area contributed by atoms with Gasteiger partial charge in [0.25, 0.3) is 0 Å². The van der Waals surface area contributed by atoms with Crippen LogP contribution in [0.25, 0.3) is 0 Å². The molecule has 7 N–H and O–H groups in total. The highest BCUT2D eigenvalue weighted by Crippen LogP contribution is 2.20. The molecule has 36 heavy (non-hydrogen) atoms. The van der Waals surface area contributed by atoms with Gasteiger partial charge in [0.1, 0.15) is 18.1 Å². The second-order valence-corrected chi connectivity index (χ2v) is 9.54. The Morgan fingerprint density at radius 1 is 1.11 bits per heavy atom. The summed E-state index contributed by atoms with van der Waals surface area (Å²) in [6.07, 6.45) is 3.70. The number of carbonyl (C=O) groups excluding carboxylic acids is 3. The number of amides is 3. The first-order chi connectivity index (χ1) is 17.2. The van der Waals surface area contributed by atoms with Crippen LogP contribution in [0.15, 0.2) is 30.3 Å². The summed E-state index contributed by atoms with van der Waals surface area (Å²) in [5.74, 6) is -2.63. The second-order valence-electron chi connectivity index (χ2n) is 9.54. The van der Waals surface area contributed by atoms with Crippen LogP contribution >= 0.6 is 0 Å². The van der Waals surface area contributed by atoms with Gasteiger partial charge in [-0.05, 0) is 43.7 Å². The molecule has 1 aliphatic rings. The van der Waals surface area contributed by atoms with E-state index < -0.39 is 47.9 Å². The van der Waals surface area contributed by atoms with E-state index in [0.29, 0.717) is 45.2 Å². The van der Waals surface area contributed by atoms with Crippen LogP contribution in [0, 0.1) is 5.92 Å². The zero-order chi connectivity index (χ0) is 26.7. The number of hydrogen-bond donors (Lipinski definition) is 5. The topological polar surface area (TPSA) is 168 Å². The Balaban J connectivity index is 2.21. The lowest BCUT2D eigenvalue weighted by Crippen LogP contribution is -2.59. The van der Waals surface area contributed by atoms with Crippen LogP contribution in [0.1, 0.15) is 57.9 Å². The van der Waals surface area contributed by atoms with Crippen molar-refractivity contribution in [3.63, 3.8) is 0 Å². The second kappa shape index (κ2) is 14.5. The lowest BCUT2D eigenvalue weighted by molar-refractivity contribution is -0.149. The van der Waals surface area contributed by atoms with Gasteiger partial charge >= 0.3 is 5.97 Å². The molecule has 3 amide bonds.